The van der Waals surface area contributed by atoms with E-state index in [0.717, 1.165) is 5.69 Å². The smallest absolute Gasteiger partial charge is 0.356 e. The molecule has 2 aromatic rings. The lowest BCUT2D eigenvalue weighted by Crippen LogP contribution is -2.19. The van der Waals surface area contributed by atoms with E-state index in [4.69, 9.17) is 5.11 Å². The zero-order valence-corrected chi connectivity index (χ0v) is 12.8. The molecule has 0 spiro atoms. The molecule has 0 unspecified atom stereocenters. The van der Waals surface area contributed by atoms with Crippen molar-refractivity contribution in [1.29, 1.82) is 0 Å². The third-order valence-corrected chi connectivity index (χ3v) is 3.93. The lowest BCUT2D eigenvalue weighted by molar-refractivity contribution is 0.0689. The average Bonchev–Trinajstić information content (AvgIpc) is 2.87. The number of rotatable bonds is 5. The maximum absolute atomic E-state index is 10.7. The van der Waals surface area contributed by atoms with Gasteiger partial charge in [-0.2, -0.15) is 0 Å². The van der Waals surface area contributed by atoms with Crippen LogP contribution in [-0.4, -0.2) is 38.2 Å². The molecule has 0 aliphatic carbocycles. The van der Waals surface area contributed by atoms with Crippen LogP contribution in [0.1, 0.15) is 35.0 Å². The van der Waals surface area contributed by atoms with E-state index in [1.54, 1.807) is 13.8 Å². The molecule has 0 amide bonds. The molecule has 0 atom stereocenters. The highest BCUT2D eigenvalue weighted by Gasteiger charge is 2.20. The van der Waals surface area contributed by atoms with Crippen LogP contribution in [0, 0.1) is 0 Å². The maximum Gasteiger partial charge on any atom is 0.356 e. The van der Waals surface area contributed by atoms with Gasteiger partial charge in [0, 0.05) is 12.4 Å². The van der Waals surface area contributed by atoms with Gasteiger partial charge < -0.3 is 15.1 Å². The van der Waals surface area contributed by atoms with Crippen LogP contribution in [0.3, 0.4) is 0 Å². The average molecular weight is 308 g/mol. The molecule has 8 heteroatoms. The Balaban J connectivity index is 2.09. The molecule has 7 nitrogen and oxygen atoms in total. The molecule has 2 N–H and O–H groups in total. The van der Waals surface area contributed by atoms with Gasteiger partial charge in [0.2, 0.25) is 0 Å². The predicted molar refractivity (Wildman–Crippen MR) is 78.5 cm³/mol. The van der Waals surface area contributed by atoms with Gasteiger partial charge in [0.15, 0.2) is 5.69 Å². The van der Waals surface area contributed by atoms with Crippen molar-refractivity contribution >= 4 is 23.1 Å². The first-order valence-electron chi connectivity index (χ1n) is 6.21. The van der Waals surface area contributed by atoms with Crippen molar-refractivity contribution in [3.8, 4) is 0 Å². The van der Waals surface area contributed by atoms with E-state index in [-0.39, 0.29) is 5.69 Å². The molecule has 112 valence electrons. The number of anilines is 1. The highest BCUT2D eigenvalue weighted by molar-refractivity contribution is 7.09. The number of aliphatic hydroxyl groups is 1. The van der Waals surface area contributed by atoms with Crippen molar-refractivity contribution < 1.29 is 15.0 Å². The van der Waals surface area contributed by atoms with Crippen LogP contribution in [0.4, 0.5) is 5.82 Å². The minimum atomic E-state index is -1.11. The van der Waals surface area contributed by atoms with E-state index in [0.29, 0.717) is 17.4 Å². The highest BCUT2D eigenvalue weighted by atomic mass is 32.1. The molecule has 0 radical (unpaired) electrons. The first kappa shape index (κ1) is 15.3. The number of aromatic nitrogens is 3. The molecule has 2 heterocycles. The van der Waals surface area contributed by atoms with Crippen LogP contribution < -0.4 is 4.90 Å². The SMILES string of the molecule is CN(Cc1csc(C(C)(C)O)n1)c1cnc(C(=O)O)cn1. The first-order chi connectivity index (χ1) is 9.77. The van der Waals surface area contributed by atoms with Crippen LogP contribution in [-0.2, 0) is 12.1 Å². The lowest BCUT2D eigenvalue weighted by atomic mass is 10.1. The molecular weight excluding hydrogens is 292 g/mol. The zero-order chi connectivity index (χ0) is 15.6. The summed E-state index contributed by atoms with van der Waals surface area (Å²) in [7, 11) is 1.81. The molecule has 0 saturated carbocycles. The fourth-order valence-electron chi connectivity index (χ4n) is 1.61. The van der Waals surface area contributed by atoms with Gasteiger partial charge in [0.05, 0.1) is 24.6 Å². The molecule has 2 aromatic heterocycles. The molecule has 2 rings (SSSR count). The molecule has 0 saturated heterocycles. The second kappa shape index (κ2) is 5.74. The van der Waals surface area contributed by atoms with Crippen molar-refractivity contribution in [2.24, 2.45) is 0 Å². The first-order valence-corrected chi connectivity index (χ1v) is 7.09. The fraction of sp³-hybridized carbons (Fsp3) is 0.385. The maximum atomic E-state index is 10.7. The zero-order valence-electron chi connectivity index (χ0n) is 11.9. The molecule has 0 bridgehead atoms. The quantitative estimate of drug-likeness (QED) is 0.863. The second-order valence-electron chi connectivity index (χ2n) is 5.12. The summed E-state index contributed by atoms with van der Waals surface area (Å²) in [5, 5.41) is 21.2. The molecule has 0 aliphatic rings. The van der Waals surface area contributed by atoms with Crippen LogP contribution in [0.25, 0.3) is 0 Å². The topological polar surface area (TPSA) is 99.4 Å². The van der Waals surface area contributed by atoms with Crippen LogP contribution in [0.2, 0.25) is 0 Å². The van der Waals surface area contributed by atoms with Gasteiger partial charge in [-0.1, -0.05) is 0 Å². The summed E-state index contributed by atoms with van der Waals surface area (Å²) in [5.41, 5.74) is -0.237. The summed E-state index contributed by atoms with van der Waals surface area (Å²) in [6, 6.07) is 0. The van der Waals surface area contributed by atoms with Crippen molar-refractivity contribution in [3.63, 3.8) is 0 Å². The van der Waals surface area contributed by atoms with Crippen molar-refractivity contribution in [2.75, 3.05) is 11.9 Å². The van der Waals surface area contributed by atoms with Gasteiger partial charge in [-0.3, -0.25) is 0 Å². The van der Waals surface area contributed by atoms with Crippen LogP contribution in [0.15, 0.2) is 17.8 Å². The third-order valence-electron chi connectivity index (χ3n) is 2.72. The summed E-state index contributed by atoms with van der Waals surface area (Å²) in [5.74, 6) is -0.552. The summed E-state index contributed by atoms with van der Waals surface area (Å²) in [6.45, 7) is 3.87. The van der Waals surface area contributed by atoms with Crippen molar-refractivity contribution in [2.45, 2.75) is 26.0 Å². The van der Waals surface area contributed by atoms with Gasteiger partial charge in [-0.15, -0.1) is 11.3 Å². The van der Waals surface area contributed by atoms with E-state index >= 15 is 0 Å². The number of aromatic carboxylic acids is 1. The second-order valence-corrected chi connectivity index (χ2v) is 5.98. The molecule has 0 fully saturated rings. The number of carboxylic acids is 1. The van der Waals surface area contributed by atoms with Gasteiger partial charge in [-0.05, 0) is 13.8 Å². The molecule has 0 aromatic carbocycles. The number of thiazole rings is 1. The predicted octanol–water partition coefficient (Wildman–Crippen LogP) is 1.50. The monoisotopic (exact) mass is 308 g/mol. The number of hydrogen-bond acceptors (Lipinski definition) is 7. The van der Waals surface area contributed by atoms with E-state index < -0.39 is 11.6 Å². The highest BCUT2D eigenvalue weighted by Crippen LogP contribution is 2.24. The van der Waals surface area contributed by atoms with Gasteiger partial charge >= 0.3 is 5.97 Å². The van der Waals surface area contributed by atoms with E-state index in [2.05, 4.69) is 15.0 Å². The summed E-state index contributed by atoms with van der Waals surface area (Å²) in [6.07, 6.45) is 2.63. The standard InChI is InChI=1S/C13H16N4O3S/c1-13(2,20)12-16-8(7-21-12)6-17(3)10-5-14-9(4-15-10)11(18)19/h4-5,7,20H,6H2,1-3H3,(H,18,19). The van der Waals surface area contributed by atoms with Crippen molar-refractivity contribution in [3.05, 3.63) is 34.2 Å². The molecule has 21 heavy (non-hydrogen) atoms. The summed E-state index contributed by atoms with van der Waals surface area (Å²) >= 11 is 1.40. The Labute approximate surface area is 125 Å². The summed E-state index contributed by atoms with van der Waals surface area (Å²) < 4.78 is 0. The van der Waals surface area contributed by atoms with Gasteiger partial charge in [0.1, 0.15) is 16.4 Å². The van der Waals surface area contributed by atoms with Crippen LogP contribution >= 0.6 is 11.3 Å². The number of nitrogens with zero attached hydrogens (tertiary/aromatic N) is 4. The molecular formula is C13H16N4O3S. The fourth-order valence-corrected chi connectivity index (χ4v) is 2.45. The Morgan fingerprint density at radius 2 is 2.10 bits per heavy atom. The summed E-state index contributed by atoms with van der Waals surface area (Å²) in [4.78, 5) is 24.8. The Morgan fingerprint density at radius 3 is 2.57 bits per heavy atom. The van der Waals surface area contributed by atoms with E-state index in [1.807, 2.05) is 17.3 Å². The number of carboxylic acid groups (broad SMARTS) is 1. The Hall–Kier alpha value is -2.06. The minimum absolute atomic E-state index is 0.0925. The van der Waals surface area contributed by atoms with Crippen molar-refractivity contribution in [1.82, 2.24) is 15.0 Å². The van der Waals surface area contributed by atoms with Gasteiger partial charge in [-0.25, -0.2) is 19.7 Å². The third kappa shape index (κ3) is 3.73. The Kier molecular flexibility index (Phi) is 4.19. The number of hydrogen-bond donors (Lipinski definition) is 2. The normalized spacial score (nSPS) is 11.4. The molecule has 0 aliphatic heterocycles. The van der Waals surface area contributed by atoms with Crippen LogP contribution in [0.5, 0.6) is 0 Å². The number of carbonyl (C=O) groups is 1. The van der Waals surface area contributed by atoms with Gasteiger partial charge in [0.25, 0.3) is 0 Å². The Morgan fingerprint density at radius 1 is 1.38 bits per heavy atom. The minimum Gasteiger partial charge on any atom is -0.476 e. The Bertz CT molecular complexity index is 634. The largest absolute Gasteiger partial charge is 0.476 e. The van der Waals surface area contributed by atoms with E-state index in [9.17, 15) is 9.90 Å². The van der Waals surface area contributed by atoms with E-state index in [1.165, 1.54) is 23.7 Å². The lowest BCUT2D eigenvalue weighted by Gasteiger charge is -2.16.